The molecule has 24 heavy (non-hydrogen) atoms. The number of benzene rings is 2. The van der Waals surface area contributed by atoms with Crippen LogP contribution in [0.25, 0.3) is 22.4 Å². The molecule has 8 heteroatoms. The second-order valence-corrected chi connectivity index (χ2v) is 6.62. The van der Waals surface area contributed by atoms with Gasteiger partial charge in [0.25, 0.3) is 0 Å². The minimum Gasteiger partial charge on any atom is -0.477 e. The number of rotatable bonds is 4. The number of aromatic carboxylic acids is 1. The van der Waals surface area contributed by atoms with Crippen LogP contribution in [0, 0.1) is 0 Å². The number of carboxylic acid groups (broad SMARTS) is 1. The number of hydrogen-bond donors (Lipinski definition) is 3. The van der Waals surface area contributed by atoms with Gasteiger partial charge in [-0.2, -0.15) is 5.10 Å². The lowest BCUT2D eigenvalue weighted by Crippen LogP contribution is -2.11. The van der Waals surface area contributed by atoms with Crippen molar-refractivity contribution in [1.29, 1.82) is 0 Å². The number of nitrogens with zero attached hydrogens (tertiary/aromatic N) is 1. The summed E-state index contributed by atoms with van der Waals surface area (Å²) < 4.78 is 22.7. The molecule has 3 aromatic rings. The highest BCUT2D eigenvalue weighted by Crippen LogP contribution is 2.33. The molecule has 2 aromatic carbocycles. The van der Waals surface area contributed by atoms with Crippen LogP contribution in [0.3, 0.4) is 0 Å². The first-order valence-electron chi connectivity index (χ1n) is 6.88. The third kappa shape index (κ3) is 2.92. The van der Waals surface area contributed by atoms with Crippen LogP contribution in [0.2, 0.25) is 0 Å². The molecule has 0 fully saturated rings. The van der Waals surface area contributed by atoms with E-state index in [1.807, 2.05) is 30.3 Å². The Labute approximate surface area is 137 Å². The Morgan fingerprint density at radius 1 is 1.00 bits per heavy atom. The Morgan fingerprint density at radius 2 is 1.62 bits per heavy atom. The van der Waals surface area contributed by atoms with E-state index in [1.54, 1.807) is 0 Å². The van der Waals surface area contributed by atoms with Crippen LogP contribution in [0.15, 0.2) is 59.5 Å². The average molecular weight is 343 g/mol. The molecule has 0 bridgehead atoms. The highest BCUT2D eigenvalue weighted by Gasteiger charge is 2.21. The molecule has 7 nitrogen and oxygen atoms in total. The SMILES string of the molecule is NS(=O)(=O)c1ccc(-c2c(-c3ccccc3)n[nH]c2C(=O)O)cc1. The van der Waals surface area contributed by atoms with E-state index in [0.717, 1.165) is 5.56 Å². The van der Waals surface area contributed by atoms with Gasteiger partial charge in [-0.15, -0.1) is 0 Å². The van der Waals surface area contributed by atoms with Crippen molar-refractivity contribution in [2.45, 2.75) is 4.90 Å². The summed E-state index contributed by atoms with van der Waals surface area (Å²) in [7, 11) is -3.82. The molecule has 122 valence electrons. The van der Waals surface area contributed by atoms with Crippen molar-refractivity contribution in [3.05, 3.63) is 60.3 Å². The van der Waals surface area contributed by atoms with E-state index in [-0.39, 0.29) is 10.6 Å². The highest BCUT2D eigenvalue weighted by atomic mass is 32.2. The molecule has 0 aliphatic heterocycles. The van der Waals surface area contributed by atoms with Crippen molar-refractivity contribution in [2.24, 2.45) is 5.14 Å². The van der Waals surface area contributed by atoms with E-state index >= 15 is 0 Å². The van der Waals surface area contributed by atoms with Gasteiger partial charge in [0.2, 0.25) is 10.0 Å². The Morgan fingerprint density at radius 3 is 2.17 bits per heavy atom. The lowest BCUT2D eigenvalue weighted by Gasteiger charge is -2.06. The van der Waals surface area contributed by atoms with Crippen LogP contribution in [-0.4, -0.2) is 29.7 Å². The van der Waals surface area contributed by atoms with E-state index in [2.05, 4.69) is 10.2 Å². The van der Waals surface area contributed by atoms with Crippen LogP contribution in [0.5, 0.6) is 0 Å². The molecular weight excluding hydrogens is 330 g/mol. The van der Waals surface area contributed by atoms with Crippen molar-refractivity contribution in [2.75, 3.05) is 0 Å². The van der Waals surface area contributed by atoms with Gasteiger partial charge in [-0.05, 0) is 17.7 Å². The number of H-pyrrole nitrogens is 1. The quantitative estimate of drug-likeness (QED) is 0.668. The van der Waals surface area contributed by atoms with Gasteiger partial charge in [-0.1, -0.05) is 42.5 Å². The van der Waals surface area contributed by atoms with E-state index in [9.17, 15) is 18.3 Å². The molecule has 0 spiro atoms. The number of nitrogens with one attached hydrogen (secondary N) is 1. The lowest BCUT2D eigenvalue weighted by atomic mass is 9.99. The Bertz CT molecular complexity index is 994. The summed E-state index contributed by atoms with van der Waals surface area (Å²) in [6.07, 6.45) is 0. The fourth-order valence-electron chi connectivity index (χ4n) is 2.39. The molecule has 3 rings (SSSR count). The van der Waals surface area contributed by atoms with Crippen molar-refractivity contribution >= 4 is 16.0 Å². The zero-order chi connectivity index (χ0) is 17.3. The Hall–Kier alpha value is -2.97. The maximum atomic E-state index is 11.5. The van der Waals surface area contributed by atoms with Crippen molar-refractivity contribution in [3.8, 4) is 22.4 Å². The Kier molecular flexibility index (Phi) is 3.92. The molecule has 0 aliphatic rings. The van der Waals surface area contributed by atoms with E-state index in [4.69, 9.17) is 5.14 Å². The summed E-state index contributed by atoms with van der Waals surface area (Å²) in [6.45, 7) is 0. The van der Waals surface area contributed by atoms with Gasteiger partial charge in [0, 0.05) is 11.1 Å². The van der Waals surface area contributed by atoms with E-state index in [1.165, 1.54) is 24.3 Å². The first-order chi connectivity index (χ1) is 11.4. The molecule has 0 saturated carbocycles. The van der Waals surface area contributed by atoms with Crippen LogP contribution in [-0.2, 0) is 10.0 Å². The summed E-state index contributed by atoms with van der Waals surface area (Å²) in [5.74, 6) is -1.16. The summed E-state index contributed by atoms with van der Waals surface area (Å²) >= 11 is 0. The van der Waals surface area contributed by atoms with Gasteiger partial charge in [-0.3, -0.25) is 5.10 Å². The molecular formula is C16H13N3O4S. The van der Waals surface area contributed by atoms with Crippen LogP contribution >= 0.6 is 0 Å². The normalized spacial score (nSPS) is 11.4. The second-order valence-electron chi connectivity index (χ2n) is 5.06. The van der Waals surface area contributed by atoms with Gasteiger partial charge in [0.05, 0.1) is 4.90 Å². The molecule has 0 radical (unpaired) electrons. The number of primary sulfonamides is 1. The van der Waals surface area contributed by atoms with Gasteiger partial charge in [0.1, 0.15) is 5.69 Å². The van der Waals surface area contributed by atoms with Crippen LogP contribution in [0.1, 0.15) is 10.5 Å². The first kappa shape index (κ1) is 15.9. The van der Waals surface area contributed by atoms with Gasteiger partial charge in [-0.25, -0.2) is 18.4 Å². The van der Waals surface area contributed by atoms with Crippen LogP contribution in [0.4, 0.5) is 0 Å². The molecule has 1 aromatic heterocycles. The number of carbonyl (C=O) groups is 1. The number of aromatic nitrogens is 2. The number of carboxylic acids is 1. The zero-order valence-corrected chi connectivity index (χ0v) is 13.1. The van der Waals surface area contributed by atoms with Crippen molar-refractivity contribution in [3.63, 3.8) is 0 Å². The summed E-state index contributed by atoms with van der Waals surface area (Å²) in [5, 5.41) is 21.1. The summed E-state index contributed by atoms with van der Waals surface area (Å²) in [5.41, 5.74) is 2.04. The smallest absolute Gasteiger partial charge is 0.354 e. The number of aromatic amines is 1. The monoisotopic (exact) mass is 343 g/mol. The molecule has 0 unspecified atom stereocenters. The topological polar surface area (TPSA) is 126 Å². The third-order valence-corrected chi connectivity index (χ3v) is 4.43. The fraction of sp³-hybridized carbons (Fsp3) is 0. The largest absolute Gasteiger partial charge is 0.477 e. The molecule has 0 atom stereocenters. The molecule has 0 amide bonds. The molecule has 0 aliphatic carbocycles. The van der Waals surface area contributed by atoms with E-state index in [0.29, 0.717) is 16.8 Å². The number of sulfonamides is 1. The third-order valence-electron chi connectivity index (χ3n) is 3.50. The zero-order valence-electron chi connectivity index (χ0n) is 12.3. The van der Waals surface area contributed by atoms with Gasteiger partial charge >= 0.3 is 5.97 Å². The Balaban J connectivity index is 2.19. The maximum Gasteiger partial charge on any atom is 0.354 e. The van der Waals surface area contributed by atoms with Gasteiger partial charge in [0.15, 0.2) is 5.69 Å². The van der Waals surface area contributed by atoms with Crippen LogP contribution < -0.4 is 5.14 Å². The minimum atomic E-state index is -3.82. The minimum absolute atomic E-state index is 0.0483. The highest BCUT2D eigenvalue weighted by molar-refractivity contribution is 7.89. The number of hydrogen-bond acceptors (Lipinski definition) is 4. The predicted octanol–water partition coefficient (Wildman–Crippen LogP) is 2.09. The summed E-state index contributed by atoms with van der Waals surface area (Å²) in [4.78, 5) is 11.4. The second kappa shape index (κ2) is 5.91. The average Bonchev–Trinajstić information content (AvgIpc) is 3.00. The van der Waals surface area contributed by atoms with E-state index < -0.39 is 16.0 Å². The van der Waals surface area contributed by atoms with Crippen molar-refractivity contribution < 1.29 is 18.3 Å². The maximum absolute atomic E-state index is 11.5. The first-order valence-corrected chi connectivity index (χ1v) is 8.43. The fourth-order valence-corrected chi connectivity index (χ4v) is 2.91. The summed E-state index contributed by atoms with van der Waals surface area (Å²) in [6, 6.07) is 14.8. The molecule has 0 saturated heterocycles. The lowest BCUT2D eigenvalue weighted by molar-refractivity contribution is 0.0691. The number of nitrogens with two attached hydrogens (primary N) is 1. The van der Waals surface area contributed by atoms with Crippen molar-refractivity contribution in [1.82, 2.24) is 10.2 Å². The molecule has 1 heterocycles. The molecule has 4 N–H and O–H groups in total. The predicted molar refractivity (Wildman–Crippen MR) is 87.8 cm³/mol. The van der Waals surface area contributed by atoms with Gasteiger partial charge < -0.3 is 5.11 Å². The standard InChI is InChI=1S/C16H13N3O4S/c17-24(22,23)12-8-6-10(7-9-12)13-14(11-4-2-1-3-5-11)18-19-15(13)16(20)21/h1-9H,(H,18,19)(H,20,21)(H2,17,22,23).